The van der Waals surface area contributed by atoms with Crippen molar-refractivity contribution in [3.05, 3.63) is 165 Å². The second-order valence-corrected chi connectivity index (χ2v) is 12.2. The molecule has 0 saturated carbocycles. The highest BCUT2D eigenvalue weighted by atomic mass is 35.5. The summed E-state index contributed by atoms with van der Waals surface area (Å²) in [5.41, 5.74) is 3.90. The van der Waals surface area contributed by atoms with Crippen LogP contribution in [0.25, 0.3) is 6.08 Å². The van der Waals surface area contributed by atoms with E-state index in [2.05, 4.69) is 16.0 Å². The van der Waals surface area contributed by atoms with Crippen LogP contribution in [0, 0.1) is 6.92 Å². The zero-order chi connectivity index (χ0) is 32.5. The van der Waals surface area contributed by atoms with Gasteiger partial charge in [-0.25, -0.2) is 0 Å². The van der Waals surface area contributed by atoms with E-state index in [1.54, 1.807) is 60.7 Å². The van der Waals surface area contributed by atoms with Crippen LogP contribution in [0.1, 0.15) is 32.3 Å². The van der Waals surface area contributed by atoms with E-state index in [0.29, 0.717) is 26.9 Å². The fraction of sp³-hybridized carbons (Fsp3) is 0.0541. The summed E-state index contributed by atoms with van der Waals surface area (Å²) in [5, 5.41) is 8.67. The average molecular weight is 667 g/mol. The Kier molecular flexibility index (Phi) is 10.9. The minimum absolute atomic E-state index is 0.0424. The van der Waals surface area contributed by atoms with Crippen LogP contribution in [0.4, 0.5) is 11.4 Å². The number of halogens is 2. The Hall–Kier alpha value is -4.82. The highest BCUT2D eigenvalue weighted by Crippen LogP contribution is 2.37. The first kappa shape index (κ1) is 32.6. The number of amides is 3. The predicted molar refractivity (Wildman–Crippen MR) is 188 cm³/mol. The Balaban J connectivity index is 1.34. The summed E-state index contributed by atoms with van der Waals surface area (Å²) in [4.78, 5) is 40.7. The molecule has 3 amide bonds. The lowest BCUT2D eigenvalue weighted by atomic mass is 10.1. The highest BCUT2D eigenvalue weighted by Gasteiger charge is 2.23. The quantitative estimate of drug-likeness (QED) is 0.103. The van der Waals surface area contributed by atoms with Gasteiger partial charge in [0, 0.05) is 37.4 Å². The van der Waals surface area contributed by atoms with Crippen molar-refractivity contribution in [2.24, 2.45) is 0 Å². The predicted octanol–water partition coefficient (Wildman–Crippen LogP) is 9.18. The summed E-state index contributed by atoms with van der Waals surface area (Å²) in [6.45, 7) is 1.99. The number of anilines is 2. The van der Waals surface area contributed by atoms with Crippen molar-refractivity contribution in [2.45, 2.75) is 17.1 Å². The Morgan fingerprint density at radius 2 is 1.24 bits per heavy atom. The largest absolute Gasteiger partial charge is 0.325 e. The maximum Gasteiger partial charge on any atom is 0.272 e. The summed E-state index contributed by atoms with van der Waals surface area (Å²) >= 11 is 14.1. The minimum Gasteiger partial charge on any atom is -0.325 e. The molecule has 5 aromatic carbocycles. The molecular formula is C37H29Cl2N3O3S. The number of benzene rings is 5. The fourth-order valence-electron chi connectivity index (χ4n) is 4.43. The summed E-state index contributed by atoms with van der Waals surface area (Å²) in [5.74, 6) is -1.19. The van der Waals surface area contributed by atoms with E-state index in [4.69, 9.17) is 23.2 Å². The van der Waals surface area contributed by atoms with E-state index in [1.165, 1.54) is 17.8 Å². The van der Waals surface area contributed by atoms with Crippen LogP contribution in [0.3, 0.4) is 0 Å². The SMILES string of the molecule is Cc1ccc(NC(=O)C(Sc2ccc(NC(=O)/C(=C/c3c(Cl)cccc3Cl)NC(=O)c3ccccc3)cc2)c2ccccc2)cc1. The van der Waals surface area contributed by atoms with E-state index in [-0.39, 0.29) is 11.6 Å². The molecule has 0 aliphatic rings. The second kappa shape index (κ2) is 15.5. The number of rotatable bonds is 10. The molecule has 0 radical (unpaired) electrons. The topological polar surface area (TPSA) is 87.3 Å². The van der Waals surface area contributed by atoms with Crippen LogP contribution in [-0.4, -0.2) is 17.7 Å². The van der Waals surface area contributed by atoms with Gasteiger partial charge in [0.2, 0.25) is 5.91 Å². The summed E-state index contributed by atoms with van der Waals surface area (Å²) in [7, 11) is 0. The van der Waals surface area contributed by atoms with Crippen molar-refractivity contribution in [1.82, 2.24) is 5.32 Å². The molecule has 6 nitrogen and oxygen atoms in total. The van der Waals surface area contributed by atoms with Crippen LogP contribution >= 0.6 is 35.0 Å². The van der Waals surface area contributed by atoms with Crippen LogP contribution in [0.15, 0.2) is 138 Å². The number of carbonyl (C=O) groups is 3. The smallest absolute Gasteiger partial charge is 0.272 e. The van der Waals surface area contributed by atoms with Gasteiger partial charge in [-0.05, 0) is 79.2 Å². The standard InChI is InChI=1S/C37H29Cl2N3O3S/c1-24-15-17-27(18-16-24)41-37(45)34(25-9-4-2-5-10-25)46-29-21-19-28(20-22-29)40-36(44)33(23-30-31(38)13-8-14-32(30)39)42-35(43)26-11-6-3-7-12-26/h2-23,34H,1H3,(H,40,44)(H,41,45)(H,42,43)/b33-23-. The second-order valence-electron chi connectivity index (χ2n) is 10.3. The third-order valence-corrected chi connectivity index (χ3v) is 8.77. The molecule has 1 atom stereocenters. The molecule has 230 valence electrons. The molecule has 0 bridgehead atoms. The van der Waals surface area contributed by atoms with Crippen LogP contribution in [0.2, 0.25) is 10.0 Å². The first-order chi connectivity index (χ1) is 22.3. The molecule has 46 heavy (non-hydrogen) atoms. The molecule has 0 aromatic heterocycles. The minimum atomic E-state index is -0.569. The molecule has 0 saturated heterocycles. The zero-order valence-electron chi connectivity index (χ0n) is 24.7. The van der Waals surface area contributed by atoms with Crippen molar-refractivity contribution >= 4 is 70.1 Å². The van der Waals surface area contributed by atoms with Crippen LogP contribution in [0.5, 0.6) is 0 Å². The molecule has 5 rings (SSSR count). The first-order valence-corrected chi connectivity index (χ1v) is 15.9. The maximum absolute atomic E-state index is 13.5. The number of carbonyl (C=O) groups excluding carboxylic acids is 3. The molecule has 0 aliphatic carbocycles. The zero-order valence-corrected chi connectivity index (χ0v) is 27.0. The summed E-state index contributed by atoms with van der Waals surface area (Å²) < 4.78 is 0. The molecule has 3 N–H and O–H groups in total. The van der Waals surface area contributed by atoms with Crippen molar-refractivity contribution in [1.29, 1.82) is 0 Å². The Labute approximate surface area is 281 Å². The lowest BCUT2D eigenvalue weighted by molar-refractivity contribution is -0.116. The van der Waals surface area contributed by atoms with Gasteiger partial charge >= 0.3 is 0 Å². The molecule has 0 heterocycles. The van der Waals surface area contributed by atoms with E-state index in [9.17, 15) is 14.4 Å². The third kappa shape index (κ3) is 8.67. The fourth-order valence-corrected chi connectivity index (χ4v) is 5.96. The summed E-state index contributed by atoms with van der Waals surface area (Å²) in [6.07, 6.45) is 1.45. The van der Waals surface area contributed by atoms with Gasteiger partial charge in [-0.1, -0.05) is 95.5 Å². The van der Waals surface area contributed by atoms with Crippen LogP contribution in [-0.2, 0) is 9.59 Å². The number of thioether (sulfide) groups is 1. The molecule has 1 unspecified atom stereocenters. The lowest BCUT2D eigenvalue weighted by Gasteiger charge is -2.18. The molecule has 5 aromatic rings. The van der Waals surface area contributed by atoms with Gasteiger partial charge in [-0.15, -0.1) is 11.8 Å². The Bertz CT molecular complexity index is 1840. The maximum atomic E-state index is 13.5. The van der Waals surface area contributed by atoms with Crippen LogP contribution < -0.4 is 16.0 Å². The van der Waals surface area contributed by atoms with Crippen molar-refractivity contribution in [2.75, 3.05) is 10.6 Å². The highest BCUT2D eigenvalue weighted by molar-refractivity contribution is 8.00. The molecular weight excluding hydrogens is 637 g/mol. The van der Waals surface area contributed by atoms with Crippen molar-refractivity contribution < 1.29 is 14.4 Å². The molecule has 0 spiro atoms. The summed E-state index contributed by atoms with van der Waals surface area (Å²) in [6, 6.07) is 37.9. The molecule has 0 fully saturated rings. The normalized spacial score (nSPS) is 11.8. The van der Waals surface area contributed by atoms with Gasteiger partial charge in [0.1, 0.15) is 10.9 Å². The monoisotopic (exact) mass is 665 g/mol. The van der Waals surface area contributed by atoms with E-state index < -0.39 is 17.1 Å². The number of hydrogen-bond donors (Lipinski definition) is 3. The Morgan fingerprint density at radius 1 is 0.674 bits per heavy atom. The first-order valence-electron chi connectivity index (χ1n) is 14.3. The van der Waals surface area contributed by atoms with Gasteiger partial charge in [0.05, 0.1) is 0 Å². The molecule has 9 heteroatoms. The van der Waals surface area contributed by atoms with Gasteiger partial charge in [-0.3, -0.25) is 14.4 Å². The van der Waals surface area contributed by atoms with E-state index in [1.807, 2.05) is 73.7 Å². The average Bonchev–Trinajstić information content (AvgIpc) is 3.07. The van der Waals surface area contributed by atoms with Crippen molar-refractivity contribution in [3.8, 4) is 0 Å². The van der Waals surface area contributed by atoms with E-state index in [0.717, 1.165) is 21.7 Å². The van der Waals surface area contributed by atoms with Gasteiger partial charge in [0.25, 0.3) is 11.8 Å². The van der Waals surface area contributed by atoms with E-state index >= 15 is 0 Å². The number of aryl methyl sites for hydroxylation is 1. The van der Waals surface area contributed by atoms with Gasteiger partial charge in [-0.2, -0.15) is 0 Å². The third-order valence-electron chi connectivity index (χ3n) is 6.84. The Morgan fingerprint density at radius 3 is 1.87 bits per heavy atom. The van der Waals surface area contributed by atoms with Gasteiger partial charge < -0.3 is 16.0 Å². The molecule has 0 aliphatic heterocycles. The number of hydrogen-bond acceptors (Lipinski definition) is 4. The number of nitrogens with one attached hydrogen (secondary N) is 3. The van der Waals surface area contributed by atoms with Gasteiger partial charge in [0.15, 0.2) is 0 Å². The van der Waals surface area contributed by atoms with Crippen molar-refractivity contribution in [3.63, 3.8) is 0 Å². The lowest BCUT2D eigenvalue weighted by Crippen LogP contribution is -2.30.